The lowest BCUT2D eigenvalue weighted by Gasteiger charge is -2.21. The summed E-state index contributed by atoms with van der Waals surface area (Å²) in [5, 5.41) is 4.59. The van der Waals surface area contributed by atoms with Crippen molar-refractivity contribution in [1.82, 2.24) is 19.8 Å². The molecule has 3 aromatic rings. The lowest BCUT2D eigenvalue weighted by molar-refractivity contribution is -0.148. The average Bonchev–Trinajstić information content (AvgIpc) is 3.32. The van der Waals surface area contributed by atoms with E-state index in [2.05, 4.69) is 10.3 Å². The highest BCUT2D eigenvalue weighted by molar-refractivity contribution is 7.09. The van der Waals surface area contributed by atoms with Crippen molar-refractivity contribution in [2.45, 2.75) is 26.2 Å². The van der Waals surface area contributed by atoms with Crippen molar-refractivity contribution in [3.63, 3.8) is 0 Å². The van der Waals surface area contributed by atoms with E-state index in [-0.39, 0.29) is 30.0 Å². The van der Waals surface area contributed by atoms with Crippen molar-refractivity contribution in [2.75, 3.05) is 13.1 Å². The van der Waals surface area contributed by atoms with E-state index in [1.807, 2.05) is 17.5 Å². The summed E-state index contributed by atoms with van der Waals surface area (Å²) in [4.78, 5) is 30.6. The minimum Gasteiger partial charge on any atom is -0.350 e. The summed E-state index contributed by atoms with van der Waals surface area (Å²) in [7, 11) is 0. The number of imidazole rings is 1. The van der Waals surface area contributed by atoms with Gasteiger partial charge in [-0.2, -0.15) is 13.2 Å². The van der Waals surface area contributed by atoms with Crippen molar-refractivity contribution in [1.29, 1.82) is 0 Å². The maximum Gasteiger partial charge on any atom is 0.449 e. The molecular formula is C19H19F3N4O2S. The highest BCUT2D eigenvalue weighted by Gasteiger charge is 2.38. The van der Waals surface area contributed by atoms with E-state index in [1.165, 1.54) is 28.4 Å². The topological polar surface area (TPSA) is 67.2 Å². The molecule has 0 aliphatic heterocycles. The van der Waals surface area contributed by atoms with Crippen LogP contribution in [-0.4, -0.2) is 39.4 Å². The van der Waals surface area contributed by atoms with Crippen LogP contribution in [0.1, 0.15) is 17.6 Å². The molecule has 0 radical (unpaired) electrons. The number of alkyl halides is 3. The second kappa shape index (κ2) is 8.64. The summed E-state index contributed by atoms with van der Waals surface area (Å²) in [5.74, 6) is -2.10. The highest BCUT2D eigenvalue weighted by Crippen LogP contribution is 2.31. The Kier molecular flexibility index (Phi) is 6.21. The van der Waals surface area contributed by atoms with E-state index in [9.17, 15) is 22.8 Å². The number of carbonyl (C=O) groups excluding carboxylic acids is 2. The number of benzene rings is 1. The van der Waals surface area contributed by atoms with Crippen molar-refractivity contribution < 1.29 is 22.8 Å². The quantitative estimate of drug-likeness (QED) is 0.633. The number of halogens is 3. The number of rotatable bonds is 7. The molecule has 2 aromatic heterocycles. The minimum absolute atomic E-state index is 0.157. The van der Waals surface area contributed by atoms with Crippen LogP contribution in [0.5, 0.6) is 0 Å². The fraction of sp³-hybridized carbons (Fsp3) is 0.316. The molecule has 0 unspecified atom stereocenters. The van der Waals surface area contributed by atoms with Gasteiger partial charge in [0, 0.05) is 11.4 Å². The first-order chi connectivity index (χ1) is 13.8. The van der Waals surface area contributed by atoms with Crippen molar-refractivity contribution >= 4 is 34.2 Å². The Morgan fingerprint density at radius 3 is 2.62 bits per heavy atom. The first-order valence-electron chi connectivity index (χ1n) is 8.89. The molecule has 0 saturated heterocycles. The zero-order valence-electron chi connectivity index (χ0n) is 15.6. The molecule has 1 aromatic carbocycles. The van der Waals surface area contributed by atoms with Crippen LogP contribution in [0.25, 0.3) is 11.0 Å². The maximum atomic E-state index is 13.4. The van der Waals surface area contributed by atoms with Crippen LogP contribution in [0, 0.1) is 0 Å². The van der Waals surface area contributed by atoms with Gasteiger partial charge in [-0.25, -0.2) is 4.98 Å². The Morgan fingerprint density at radius 1 is 1.21 bits per heavy atom. The Labute approximate surface area is 168 Å². The van der Waals surface area contributed by atoms with Gasteiger partial charge >= 0.3 is 6.18 Å². The molecule has 0 fully saturated rings. The lowest BCUT2D eigenvalue weighted by atomic mass is 10.3. The maximum absolute atomic E-state index is 13.4. The van der Waals surface area contributed by atoms with Crippen LogP contribution in [-0.2, 0) is 28.9 Å². The Hall–Kier alpha value is -2.88. The monoisotopic (exact) mass is 424 g/mol. The molecule has 10 heteroatoms. The van der Waals surface area contributed by atoms with Crippen molar-refractivity contribution in [3.05, 3.63) is 52.5 Å². The van der Waals surface area contributed by atoms with Crippen LogP contribution in [0.15, 0.2) is 41.8 Å². The summed E-state index contributed by atoms with van der Waals surface area (Å²) in [6.45, 7) is 1.42. The van der Waals surface area contributed by atoms with Gasteiger partial charge in [0.05, 0.1) is 24.1 Å². The molecule has 3 rings (SSSR count). The van der Waals surface area contributed by atoms with Gasteiger partial charge in [0.25, 0.3) is 0 Å². The largest absolute Gasteiger partial charge is 0.449 e. The molecule has 2 amide bonds. The van der Waals surface area contributed by atoms with Gasteiger partial charge < -0.3 is 14.8 Å². The Balaban J connectivity index is 1.73. The molecule has 2 heterocycles. The zero-order valence-corrected chi connectivity index (χ0v) is 16.4. The predicted molar refractivity (Wildman–Crippen MR) is 103 cm³/mol. The molecule has 1 N–H and O–H groups in total. The summed E-state index contributed by atoms with van der Waals surface area (Å²) >= 11 is 1.49. The molecule has 0 atom stereocenters. The number of hydrogen-bond donors (Lipinski definition) is 1. The molecule has 29 heavy (non-hydrogen) atoms. The molecule has 0 saturated carbocycles. The summed E-state index contributed by atoms with van der Waals surface area (Å²) in [5.41, 5.74) is 0.371. The molecule has 0 aliphatic carbocycles. The van der Waals surface area contributed by atoms with E-state index in [4.69, 9.17) is 0 Å². The molecule has 0 aliphatic rings. The second-order valence-electron chi connectivity index (χ2n) is 6.27. The number of hydrogen-bond acceptors (Lipinski definition) is 4. The Bertz CT molecular complexity index is 999. The van der Waals surface area contributed by atoms with Gasteiger partial charge in [0.1, 0.15) is 6.54 Å². The van der Waals surface area contributed by atoms with Crippen LogP contribution in [0.3, 0.4) is 0 Å². The van der Waals surface area contributed by atoms with Crippen LogP contribution in [0.4, 0.5) is 13.2 Å². The van der Waals surface area contributed by atoms with Gasteiger partial charge in [0.15, 0.2) is 0 Å². The summed E-state index contributed by atoms with van der Waals surface area (Å²) < 4.78 is 41.0. The summed E-state index contributed by atoms with van der Waals surface area (Å²) in [6, 6.07) is 9.84. The number of likely N-dealkylation sites (N-methyl/N-ethyl adjacent to an activating group) is 1. The van der Waals surface area contributed by atoms with Gasteiger partial charge in [0.2, 0.25) is 17.6 Å². The van der Waals surface area contributed by atoms with E-state index >= 15 is 0 Å². The molecule has 0 bridgehead atoms. The van der Waals surface area contributed by atoms with Crippen molar-refractivity contribution in [3.8, 4) is 0 Å². The number of para-hydroxylation sites is 2. The molecule has 0 spiro atoms. The first kappa shape index (κ1) is 20.8. The Morgan fingerprint density at radius 2 is 1.97 bits per heavy atom. The number of aromatic nitrogens is 2. The first-order valence-corrected chi connectivity index (χ1v) is 9.77. The predicted octanol–water partition coefficient (Wildman–Crippen LogP) is 3.28. The van der Waals surface area contributed by atoms with Crippen LogP contribution < -0.4 is 5.32 Å². The summed E-state index contributed by atoms with van der Waals surface area (Å²) in [6.07, 6.45) is -4.70. The number of nitrogens with zero attached hydrogens (tertiary/aromatic N) is 3. The SMILES string of the molecule is CCN(CC(=O)NCc1cccs1)C(=O)Cn1c(C(F)(F)F)nc2ccccc21. The number of fused-ring (bicyclic) bond motifs is 1. The van der Waals surface area contributed by atoms with Gasteiger partial charge in [-0.15, -0.1) is 11.3 Å². The van der Waals surface area contributed by atoms with Crippen LogP contribution >= 0.6 is 11.3 Å². The normalized spacial score (nSPS) is 11.6. The van der Waals surface area contributed by atoms with E-state index < -0.39 is 24.5 Å². The van der Waals surface area contributed by atoms with Gasteiger partial charge in [-0.05, 0) is 30.5 Å². The smallest absolute Gasteiger partial charge is 0.350 e. The number of nitrogens with one attached hydrogen (secondary N) is 1. The van der Waals surface area contributed by atoms with Gasteiger partial charge in [-0.3, -0.25) is 9.59 Å². The number of carbonyl (C=O) groups is 2. The average molecular weight is 424 g/mol. The third-order valence-corrected chi connectivity index (χ3v) is 5.19. The third kappa shape index (κ3) is 4.94. The fourth-order valence-corrected chi connectivity index (χ4v) is 3.54. The van der Waals surface area contributed by atoms with E-state index in [0.29, 0.717) is 6.54 Å². The fourth-order valence-electron chi connectivity index (χ4n) is 2.89. The van der Waals surface area contributed by atoms with Crippen LogP contribution in [0.2, 0.25) is 0 Å². The third-order valence-electron chi connectivity index (χ3n) is 4.31. The van der Waals surface area contributed by atoms with E-state index in [0.717, 1.165) is 9.44 Å². The van der Waals surface area contributed by atoms with Crippen molar-refractivity contribution in [2.24, 2.45) is 0 Å². The molecular weight excluding hydrogens is 405 g/mol. The van der Waals surface area contributed by atoms with Gasteiger partial charge in [-0.1, -0.05) is 18.2 Å². The minimum atomic E-state index is -4.70. The molecule has 154 valence electrons. The number of amides is 2. The molecule has 6 nitrogen and oxygen atoms in total. The standard InChI is InChI=1S/C19H19F3N4O2S/c1-2-25(11-16(27)23-10-13-6-5-9-29-13)17(28)12-26-15-8-4-3-7-14(15)24-18(26)19(20,21)22/h3-9H,2,10-12H2,1H3,(H,23,27). The second-order valence-corrected chi connectivity index (χ2v) is 7.30. The highest BCUT2D eigenvalue weighted by atomic mass is 32.1. The lowest BCUT2D eigenvalue weighted by Crippen LogP contribution is -2.42. The van der Waals surface area contributed by atoms with E-state index in [1.54, 1.807) is 19.1 Å². The zero-order chi connectivity index (χ0) is 21.0. The number of thiophene rings is 1.